The number of carbonyl (C=O) groups is 2. The first-order chi connectivity index (χ1) is 14.8. The molecule has 0 radical (unpaired) electrons. The first-order valence-corrected chi connectivity index (χ1v) is 11.3. The van der Waals surface area contributed by atoms with Crippen molar-refractivity contribution < 1.29 is 14.5 Å². The van der Waals surface area contributed by atoms with Gasteiger partial charge in [-0.3, -0.25) is 9.59 Å². The van der Waals surface area contributed by atoms with Gasteiger partial charge in [-0.2, -0.15) is 0 Å². The van der Waals surface area contributed by atoms with Gasteiger partial charge in [-0.05, 0) is 43.4 Å². The number of rotatable bonds is 9. The molecule has 1 fully saturated rings. The van der Waals surface area contributed by atoms with Gasteiger partial charge in [0.2, 0.25) is 5.91 Å². The molecule has 0 aliphatic heterocycles. The highest BCUT2D eigenvalue weighted by atomic mass is 16.2. The summed E-state index contributed by atoms with van der Waals surface area (Å²) in [5, 5.41) is 5.77. The second-order valence-corrected chi connectivity index (χ2v) is 9.18. The molecular weight excluding hydrogens is 386 g/mol. The van der Waals surface area contributed by atoms with Crippen LogP contribution in [0.5, 0.6) is 0 Å². The zero-order valence-electron chi connectivity index (χ0n) is 19.4. The van der Waals surface area contributed by atoms with E-state index in [9.17, 15) is 9.59 Å². The van der Waals surface area contributed by atoms with Gasteiger partial charge in [-0.1, -0.05) is 56.3 Å². The van der Waals surface area contributed by atoms with Gasteiger partial charge in [0.05, 0.1) is 12.6 Å². The fourth-order valence-electron chi connectivity index (χ4n) is 4.05. The van der Waals surface area contributed by atoms with Crippen LogP contribution in [0.2, 0.25) is 0 Å². The Balaban J connectivity index is 1.56. The summed E-state index contributed by atoms with van der Waals surface area (Å²) < 4.78 is 0. The molecule has 2 atom stereocenters. The summed E-state index contributed by atoms with van der Waals surface area (Å²) in [7, 11) is 0. The molecule has 1 aliphatic carbocycles. The average Bonchev–Trinajstić information content (AvgIpc) is 3.58. The highest BCUT2D eigenvalue weighted by Gasteiger charge is 2.39. The van der Waals surface area contributed by atoms with Crippen LogP contribution in [0.25, 0.3) is 0 Å². The number of nitrogens with one attached hydrogen (secondary N) is 3. The third-order valence-corrected chi connectivity index (χ3v) is 6.27. The Labute approximate surface area is 186 Å². The largest absolute Gasteiger partial charge is 0.342 e. The third-order valence-electron chi connectivity index (χ3n) is 6.27. The van der Waals surface area contributed by atoms with Gasteiger partial charge in [0.1, 0.15) is 6.54 Å². The number of aryl methyl sites for hydroxylation is 2. The summed E-state index contributed by atoms with van der Waals surface area (Å²) in [4.78, 5) is 26.5. The molecule has 1 saturated carbocycles. The molecule has 2 aromatic rings. The molecule has 3 N–H and O–H groups in total. The van der Waals surface area contributed by atoms with Gasteiger partial charge < -0.3 is 15.5 Å². The summed E-state index contributed by atoms with van der Waals surface area (Å²) in [6.07, 6.45) is 2.31. The van der Waals surface area contributed by atoms with Gasteiger partial charge in [-0.25, -0.2) is 0 Å². The Kier molecular flexibility index (Phi) is 7.50. The van der Waals surface area contributed by atoms with E-state index in [2.05, 4.69) is 48.7 Å². The predicted molar refractivity (Wildman–Crippen MR) is 125 cm³/mol. The number of benzene rings is 2. The Morgan fingerprint density at radius 2 is 1.61 bits per heavy atom. The maximum Gasteiger partial charge on any atom is 0.278 e. The lowest BCUT2D eigenvalue weighted by molar-refractivity contribution is -0.938. The van der Waals surface area contributed by atoms with E-state index in [0.717, 1.165) is 36.2 Å². The monoisotopic (exact) mass is 422 g/mol. The molecule has 0 bridgehead atoms. The lowest BCUT2D eigenvalue weighted by atomic mass is 10.0. The highest BCUT2D eigenvalue weighted by molar-refractivity contribution is 5.96. The zero-order chi connectivity index (χ0) is 22.5. The number of hydrogen-bond acceptors (Lipinski definition) is 2. The van der Waals surface area contributed by atoms with Gasteiger partial charge in [0.25, 0.3) is 5.91 Å². The Bertz CT molecular complexity index is 896. The molecule has 0 aromatic heterocycles. The zero-order valence-corrected chi connectivity index (χ0v) is 19.4. The molecule has 166 valence electrons. The molecule has 1 unspecified atom stereocenters. The lowest BCUT2D eigenvalue weighted by Gasteiger charge is -2.25. The predicted octanol–water partition coefficient (Wildman–Crippen LogP) is 3.12. The van der Waals surface area contributed by atoms with Crippen molar-refractivity contribution >= 4 is 17.5 Å². The average molecular weight is 423 g/mol. The minimum absolute atomic E-state index is 0.0159. The molecule has 0 saturated heterocycles. The number of quaternary nitrogens is 1. The van der Waals surface area contributed by atoms with E-state index in [1.54, 1.807) is 0 Å². The van der Waals surface area contributed by atoms with Crippen LogP contribution in [-0.2, 0) is 16.1 Å². The molecule has 2 amide bonds. The Morgan fingerprint density at radius 3 is 2.16 bits per heavy atom. The van der Waals surface area contributed by atoms with Crippen molar-refractivity contribution in [3.8, 4) is 0 Å². The number of amides is 2. The van der Waals surface area contributed by atoms with Crippen molar-refractivity contribution in [3.05, 3.63) is 64.7 Å². The van der Waals surface area contributed by atoms with E-state index < -0.39 is 0 Å². The maximum atomic E-state index is 12.8. The highest BCUT2D eigenvalue weighted by Crippen LogP contribution is 2.19. The van der Waals surface area contributed by atoms with Gasteiger partial charge in [0.15, 0.2) is 6.04 Å². The molecule has 5 heteroatoms. The minimum atomic E-state index is -0.203. The quantitative estimate of drug-likeness (QED) is 0.581. The summed E-state index contributed by atoms with van der Waals surface area (Å²) in [5.74, 6) is 0.243. The first-order valence-electron chi connectivity index (χ1n) is 11.3. The van der Waals surface area contributed by atoms with E-state index in [1.807, 2.05) is 39.0 Å². The molecule has 2 aromatic carbocycles. The molecule has 1 aliphatic rings. The number of para-hydroxylation sites is 1. The SMILES string of the molecule is Cc1cccc(C)c1NC(=O)CNC(=O)[C@H](C)[NH+](Cc1ccc(C(C)C)cc1)C1CC1. The molecule has 5 nitrogen and oxygen atoms in total. The molecule has 3 rings (SSSR count). The minimum Gasteiger partial charge on any atom is -0.342 e. The van der Waals surface area contributed by atoms with E-state index in [1.165, 1.54) is 16.0 Å². The van der Waals surface area contributed by atoms with Gasteiger partial charge in [0, 0.05) is 24.1 Å². The topological polar surface area (TPSA) is 62.6 Å². The van der Waals surface area contributed by atoms with Crippen molar-refractivity contribution in [1.29, 1.82) is 0 Å². The van der Waals surface area contributed by atoms with Crippen molar-refractivity contribution in [3.63, 3.8) is 0 Å². The van der Waals surface area contributed by atoms with Crippen molar-refractivity contribution in [1.82, 2.24) is 5.32 Å². The summed E-state index contributed by atoms with van der Waals surface area (Å²) in [6, 6.07) is 15.0. The second kappa shape index (κ2) is 10.1. The summed E-state index contributed by atoms with van der Waals surface area (Å²) in [5.41, 5.74) is 5.43. The number of carbonyl (C=O) groups excluding carboxylic acids is 2. The van der Waals surface area contributed by atoms with Crippen LogP contribution < -0.4 is 15.5 Å². The first kappa shape index (κ1) is 23.0. The maximum absolute atomic E-state index is 12.8. The van der Waals surface area contributed by atoms with E-state index in [4.69, 9.17) is 0 Å². The third kappa shape index (κ3) is 6.17. The van der Waals surface area contributed by atoms with Crippen molar-refractivity contribution in [2.75, 3.05) is 11.9 Å². The van der Waals surface area contributed by atoms with Crippen LogP contribution in [0.4, 0.5) is 5.69 Å². The number of hydrogen-bond donors (Lipinski definition) is 3. The van der Waals surface area contributed by atoms with Crippen molar-refractivity contribution in [2.24, 2.45) is 0 Å². The van der Waals surface area contributed by atoms with E-state index in [0.29, 0.717) is 12.0 Å². The molecular formula is C26H36N3O2+. The Hall–Kier alpha value is -2.66. The standard InChI is InChI=1S/C26H35N3O2/c1-17(2)22-11-9-21(10-12-22)16-29(23-13-14-23)20(5)26(31)27-15-24(30)28-25-18(3)7-6-8-19(25)4/h6-12,17,20,23H,13-16H2,1-5H3,(H,27,31)(H,28,30)/p+1/t20-/m0/s1. The van der Waals surface area contributed by atoms with Crippen LogP contribution in [0, 0.1) is 13.8 Å². The van der Waals surface area contributed by atoms with E-state index >= 15 is 0 Å². The van der Waals surface area contributed by atoms with Crippen molar-refractivity contribution in [2.45, 2.75) is 72.0 Å². The lowest BCUT2D eigenvalue weighted by Crippen LogP contribution is -3.16. The van der Waals surface area contributed by atoms with Crippen LogP contribution >= 0.6 is 0 Å². The van der Waals surface area contributed by atoms with Crippen LogP contribution in [0.1, 0.15) is 61.8 Å². The molecule has 0 heterocycles. The summed E-state index contributed by atoms with van der Waals surface area (Å²) >= 11 is 0. The van der Waals surface area contributed by atoms with Gasteiger partial charge >= 0.3 is 0 Å². The smallest absolute Gasteiger partial charge is 0.278 e. The molecule has 0 spiro atoms. The Morgan fingerprint density at radius 1 is 1.00 bits per heavy atom. The van der Waals surface area contributed by atoms with Gasteiger partial charge in [-0.15, -0.1) is 0 Å². The van der Waals surface area contributed by atoms with Crippen LogP contribution in [0.15, 0.2) is 42.5 Å². The fourth-order valence-corrected chi connectivity index (χ4v) is 4.05. The van der Waals surface area contributed by atoms with Crippen LogP contribution in [0.3, 0.4) is 0 Å². The summed E-state index contributed by atoms with van der Waals surface area (Å²) in [6.45, 7) is 11.1. The molecule has 31 heavy (non-hydrogen) atoms. The number of anilines is 1. The fraction of sp³-hybridized carbons (Fsp3) is 0.462. The second-order valence-electron chi connectivity index (χ2n) is 9.18. The van der Waals surface area contributed by atoms with E-state index in [-0.39, 0.29) is 24.4 Å². The normalized spacial score (nSPS) is 15.4. The van der Waals surface area contributed by atoms with Crippen LogP contribution in [-0.4, -0.2) is 30.4 Å².